The smallest absolute Gasteiger partial charge is 0.257 e. The lowest BCUT2D eigenvalue weighted by Gasteiger charge is -2.06. The van der Waals surface area contributed by atoms with Crippen LogP contribution in [0.15, 0.2) is 65.3 Å². The molecule has 26 heavy (non-hydrogen) atoms. The second-order valence-corrected chi connectivity index (χ2v) is 6.37. The normalized spacial score (nSPS) is 10.8. The number of carbonyl (C=O) groups is 1. The molecule has 1 amide bonds. The van der Waals surface area contributed by atoms with E-state index in [4.69, 9.17) is 27.6 Å². The zero-order valence-corrected chi connectivity index (χ0v) is 14.8. The van der Waals surface area contributed by atoms with Crippen molar-refractivity contribution in [2.24, 2.45) is 0 Å². The molecule has 2 heterocycles. The van der Waals surface area contributed by atoms with Crippen LogP contribution in [0.3, 0.4) is 0 Å². The van der Waals surface area contributed by atoms with Gasteiger partial charge in [0.2, 0.25) is 5.89 Å². The molecule has 128 valence electrons. The third-order valence-corrected chi connectivity index (χ3v) is 4.28. The number of carbonyl (C=O) groups excluding carboxylic acids is 1. The molecular formula is C19H11Cl2N3O2. The van der Waals surface area contributed by atoms with Gasteiger partial charge < -0.3 is 9.73 Å². The third kappa shape index (κ3) is 3.27. The number of benzene rings is 2. The van der Waals surface area contributed by atoms with Crippen LogP contribution in [0.2, 0.25) is 10.0 Å². The number of anilines is 1. The molecule has 0 spiro atoms. The van der Waals surface area contributed by atoms with E-state index >= 15 is 0 Å². The highest BCUT2D eigenvalue weighted by molar-refractivity contribution is 6.37. The van der Waals surface area contributed by atoms with Crippen LogP contribution in [0.25, 0.3) is 22.6 Å². The third-order valence-electron chi connectivity index (χ3n) is 3.73. The standard InChI is InChI=1S/C19H11Cl2N3O2/c20-12-3-5-14(15(21)8-12)18(25)23-13-4-6-17-16(9-13)24-19(26-17)11-2-1-7-22-10-11/h1-10H,(H,23,25). The number of hydrogen-bond donors (Lipinski definition) is 1. The summed E-state index contributed by atoms with van der Waals surface area (Å²) in [4.78, 5) is 20.9. The maximum absolute atomic E-state index is 12.4. The molecule has 0 unspecified atom stereocenters. The molecule has 0 aliphatic rings. The number of halogens is 2. The summed E-state index contributed by atoms with van der Waals surface area (Å²) in [6.07, 6.45) is 3.36. The van der Waals surface area contributed by atoms with Crippen molar-refractivity contribution in [1.82, 2.24) is 9.97 Å². The molecule has 0 saturated carbocycles. The van der Waals surface area contributed by atoms with Crippen molar-refractivity contribution in [3.8, 4) is 11.5 Å². The number of aromatic nitrogens is 2. The average molecular weight is 384 g/mol. The summed E-state index contributed by atoms with van der Waals surface area (Å²) >= 11 is 11.9. The second kappa shape index (κ2) is 6.78. The number of fused-ring (bicyclic) bond motifs is 1. The Bertz CT molecular complexity index is 1110. The fourth-order valence-corrected chi connectivity index (χ4v) is 2.98. The molecule has 0 saturated heterocycles. The van der Waals surface area contributed by atoms with E-state index in [1.807, 2.05) is 12.1 Å². The van der Waals surface area contributed by atoms with Crippen molar-refractivity contribution in [3.63, 3.8) is 0 Å². The van der Waals surface area contributed by atoms with Gasteiger partial charge in [0.1, 0.15) is 5.52 Å². The molecule has 4 aromatic rings. The molecule has 7 heteroatoms. The summed E-state index contributed by atoms with van der Waals surface area (Å²) < 4.78 is 5.73. The Labute approximate surface area is 158 Å². The van der Waals surface area contributed by atoms with Crippen molar-refractivity contribution in [1.29, 1.82) is 0 Å². The lowest BCUT2D eigenvalue weighted by molar-refractivity contribution is 0.102. The van der Waals surface area contributed by atoms with E-state index < -0.39 is 0 Å². The molecule has 0 fully saturated rings. The van der Waals surface area contributed by atoms with E-state index in [1.165, 1.54) is 6.07 Å². The van der Waals surface area contributed by atoms with Crippen LogP contribution in [0.1, 0.15) is 10.4 Å². The quantitative estimate of drug-likeness (QED) is 0.510. The van der Waals surface area contributed by atoms with Gasteiger partial charge in [0, 0.05) is 23.1 Å². The first-order valence-electron chi connectivity index (χ1n) is 7.67. The van der Waals surface area contributed by atoms with Gasteiger partial charge in [-0.1, -0.05) is 23.2 Å². The molecule has 0 aliphatic carbocycles. The number of amides is 1. The Kier molecular flexibility index (Phi) is 4.32. The average Bonchev–Trinajstić information content (AvgIpc) is 3.05. The first-order valence-corrected chi connectivity index (χ1v) is 8.43. The highest BCUT2D eigenvalue weighted by atomic mass is 35.5. The van der Waals surface area contributed by atoms with Crippen LogP contribution in [0.5, 0.6) is 0 Å². The van der Waals surface area contributed by atoms with Gasteiger partial charge in [-0.15, -0.1) is 0 Å². The monoisotopic (exact) mass is 383 g/mol. The molecule has 0 aliphatic heterocycles. The molecule has 5 nitrogen and oxygen atoms in total. The maximum Gasteiger partial charge on any atom is 0.257 e. The summed E-state index contributed by atoms with van der Waals surface area (Å²) in [5, 5.41) is 3.56. The predicted octanol–water partition coefficient (Wildman–Crippen LogP) is 5.45. The van der Waals surface area contributed by atoms with Gasteiger partial charge in [0.15, 0.2) is 5.58 Å². The van der Waals surface area contributed by atoms with E-state index in [0.29, 0.717) is 33.3 Å². The minimum Gasteiger partial charge on any atom is -0.436 e. The van der Waals surface area contributed by atoms with Crippen LogP contribution < -0.4 is 5.32 Å². The van der Waals surface area contributed by atoms with Gasteiger partial charge in [-0.2, -0.15) is 0 Å². The molecule has 1 N–H and O–H groups in total. The first-order chi connectivity index (χ1) is 12.6. The topological polar surface area (TPSA) is 68.0 Å². The van der Waals surface area contributed by atoms with Crippen molar-refractivity contribution in [2.45, 2.75) is 0 Å². The van der Waals surface area contributed by atoms with E-state index in [-0.39, 0.29) is 10.9 Å². The summed E-state index contributed by atoms with van der Waals surface area (Å²) in [7, 11) is 0. The zero-order valence-electron chi connectivity index (χ0n) is 13.2. The number of pyridine rings is 1. The van der Waals surface area contributed by atoms with Gasteiger partial charge in [-0.3, -0.25) is 9.78 Å². The Morgan fingerprint density at radius 3 is 2.73 bits per heavy atom. The van der Waals surface area contributed by atoms with E-state index in [2.05, 4.69) is 15.3 Å². The Balaban J connectivity index is 1.62. The highest BCUT2D eigenvalue weighted by Crippen LogP contribution is 2.27. The molecule has 0 atom stereocenters. The summed E-state index contributed by atoms with van der Waals surface area (Å²) in [6, 6.07) is 13.6. The second-order valence-electron chi connectivity index (χ2n) is 5.52. The Morgan fingerprint density at radius 1 is 1.08 bits per heavy atom. The SMILES string of the molecule is O=C(Nc1ccc2oc(-c3cccnc3)nc2c1)c1ccc(Cl)cc1Cl. The molecule has 4 rings (SSSR count). The van der Waals surface area contributed by atoms with Crippen LogP contribution >= 0.6 is 23.2 Å². The van der Waals surface area contributed by atoms with Crippen LogP contribution in [-0.2, 0) is 0 Å². The van der Waals surface area contributed by atoms with Crippen molar-refractivity contribution >= 4 is 45.9 Å². The fourth-order valence-electron chi connectivity index (χ4n) is 2.49. The number of oxazole rings is 1. The van der Waals surface area contributed by atoms with Gasteiger partial charge in [-0.05, 0) is 48.5 Å². The molecule has 2 aromatic heterocycles. The van der Waals surface area contributed by atoms with E-state index in [9.17, 15) is 4.79 Å². The predicted molar refractivity (Wildman–Crippen MR) is 102 cm³/mol. The van der Waals surface area contributed by atoms with E-state index in [1.54, 1.807) is 42.7 Å². The summed E-state index contributed by atoms with van der Waals surface area (Å²) in [6.45, 7) is 0. The zero-order chi connectivity index (χ0) is 18.1. The minimum absolute atomic E-state index is 0.288. The van der Waals surface area contributed by atoms with Gasteiger partial charge in [0.05, 0.1) is 16.1 Å². The lowest BCUT2D eigenvalue weighted by Crippen LogP contribution is -2.12. The maximum atomic E-state index is 12.4. The van der Waals surface area contributed by atoms with Crippen LogP contribution in [-0.4, -0.2) is 15.9 Å². The Morgan fingerprint density at radius 2 is 1.96 bits per heavy atom. The number of nitrogens with one attached hydrogen (secondary N) is 1. The highest BCUT2D eigenvalue weighted by Gasteiger charge is 2.13. The van der Waals surface area contributed by atoms with Crippen LogP contribution in [0, 0.1) is 0 Å². The number of nitrogens with zero attached hydrogens (tertiary/aromatic N) is 2. The van der Waals surface area contributed by atoms with Crippen molar-refractivity contribution in [3.05, 3.63) is 76.5 Å². The largest absolute Gasteiger partial charge is 0.436 e. The fraction of sp³-hybridized carbons (Fsp3) is 0. The van der Waals surface area contributed by atoms with Crippen molar-refractivity contribution < 1.29 is 9.21 Å². The summed E-state index contributed by atoms with van der Waals surface area (Å²) in [5.74, 6) is 0.138. The summed E-state index contributed by atoms with van der Waals surface area (Å²) in [5.41, 5.74) is 2.95. The molecule has 0 radical (unpaired) electrons. The number of rotatable bonds is 3. The van der Waals surface area contributed by atoms with Crippen LogP contribution in [0.4, 0.5) is 5.69 Å². The number of hydrogen-bond acceptors (Lipinski definition) is 4. The molecule has 2 aromatic carbocycles. The molecule has 0 bridgehead atoms. The van der Waals surface area contributed by atoms with E-state index in [0.717, 1.165) is 5.56 Å². The lowest BCUT2D eigenvalue weighted by atomic mass is 10.2. The van der Waals surface area contributed by atoms with Gasteiger partial charge >= 0.3 is 0 Å². The van der Waals surface area contributed by atoms with Crippen molar-refractivity contribution in [2.75, 3.05) is 5.32 Å². The van der Waals surface area contributed by atoms with Gasteiger partial charge in [0.25, 0.3) is 5.91 Å². The molecular weight excluding hydrogens is 373 g/mol. The first kappa shape index (κ1) is 16.6. The Hall–Kier alpha value is -2.89. The minimum atomic E-state index is -0.331. The van der Waals surface area contributed by atoms with Gasteiger partial charge in [-0.25, -0.2) is 4.98 Å².